The Balaban J connectivity index is 1.71. The highest BCUT2D eigenvalue weighted by molar-refractivity contribution is 6.30. The van der Waals surface area contributed by atoms with Crippen LogP contribution in [0.5, 0.6) is 0 Å². The zero-order chi connectivity index (χ0) is 20.8. The van der Waals surface area contributed by atoms with Gasteiger partial charge in [0, 0.05) is 29.1 Å². The number of aryl methyl sites for hydroxylation is 1. The van der Waals surface area contributed by atoms with E-state index in [1.165, 1.54) is 0 Å². The minimum Gasteiger partial charge on any atom is -0.356 e. The molecule has 4 nitrogen and oxygen atoms in total. The van der Waals surface area contributed by atoms with E-state index in [1.807, 2.05) is 36.1 Å². The molecule has 3 unspecified atom stereocenters. The predicted molar refractivity (Wildman–Crippen MR) is 118 cm³/mol. The zero-order valence-electron chi connectivity index (χ0n) is 17.3. The van der Waals surface area contributed by atoms with Crippen molar-refractivity contribution in [2.45, 2.75) is 64.1 Å². The van der Waals surface area contributed by atoms with Gasteiger partial charge in [0.2, 0.25) is 5.91 Å². The minimum absolute atomic E-state index is 0.199. The van der Waals surface area contributed by atoms with Gasteiger partial charge in [-0.05, 0) is 69.4 Å². The SMILES string of the molecule is Cc1ccc2c(c1)C(=N)NC2(CCC(=O)N1C(C)CCC1C)c1ccc(Cl)cc1. The van der Waals surface area contributed by atoms with Crippen molar-refractivity contribution in [1.82, 2.24) is 10.2 Å². The summed E-state index contributed by atoms with van der Waals surface area (Å²) in [5, 5.41) is 12.7. The molecule has 2 aliphatic rings. The van der Waals surface area contributed by atoms with Crippen LogP contribution in [0.25, 0.3) is 0 Å². The van der Waals surface area contributed by atoms with Crippen LogP contribution in [0.1, 0.15) is 61.8 Å². The van der Waals surface area contributed by atoms with E-state index < -0.39 is 5.54 Å². The Labute approximate surface area is 177 Å². The summed E-state index contributed by atoms with van der Waals surface area (Å²) < 4.78 is 0. The van der Waals surface area contributed by atoms with Crippen LogP contribution in [0.15, 0.2) is 42.5 Å². The molecule has 5 heteroatoms. The molecule has 29 heavy (non-hydrogen) atoms. The van der Waals surface area contributed by atoms with Crippen LogP contribution >= 0.6 is 11.6 Å². The van der Waals surface area contributed by atoms with Crippen molar-refractivity contribution >= 4 is 23.3 Å². The number of fused-ring (bicyclic) bond motifs is 1. The van der Waals surface area contributed by atoms with E-state index in [-0.39, 0.29) is 5.91 Å². The van der Waals surface area contributed by atoms with Gasteiger partial charge in [0.25, 0.3) is 0 Å². The van der Waals surface area contributed by atoms with E-state index in [4.69, 9.17) is 17.0 Å². The lowest BCUT2D eigenvalue weighted by atomic mass is 9.79. The second-order valence-corrected chi connectivity index (χ2v) is 8.97. The highest BCUT2D eigenvalue weighted by Gasteiger charge is 2.43. The normalized spacial score (nSPS) is 25.8. The number of halogens is 1. The third-order valence-electron chi connectivity index (χ3n) is 6.53. The minimum atomic E-state index is -0.591. The van der Waals surface area contributed by atoms with Gasteiger partial charge >= 0.3 is 0 Å². The van der Waals surface area contributed by atoms with Crippen molar-refractivity contribution in [3.8, 4) is 0 Å². The van der Waals surface area contributed by atoms with Crippen LogP contribution in [0, 0.1) is 12.3 Å². The van der Waals surface area contributed by atoms with Crippen LogP contribution < -0.4 is 5.32 Å². The number of benzene rings is 2. The summed E-state index contributed by atoms with van der Waals surface area (Å²) in [5.41, 5.74) is 3.54. The Hall–Kier alpha value is -2.33. The Bertz CT molecular complexity index is 945. The van der Waals surface area contributed by atoms with Crippen LogP contribution in [0.4, 0.5) is 0 Å². The van der Waals surface area contributed by atoms with E-state index in [0.717, 1.165) is 35.1 Å². The van der Waals surface area contributed by atoms with Crippen LogP contribution in [0.2, 0.25) is 5.02 Å². The number of nitrogens with one attached hydrogen (secondary N) is 2. The average Bonchev–Trinajstić information content (AvgIpc) is 3.17. The van der Waals surface area contributed by atoms with Gasteiger partial charge in [-0.3, -0.25) is 10.2 Å². The maximum absolute atomic E-state index is 13.1. The van der Waals surface area contributed by atoms with Gasteiger partial charge in [-0.2, -0.15) is 0 Å². The first-order chi connectivity index (χ1) is 13.8. The number of likely N-dealkylation sites (tertiary alicyclic amines) is 1. The van der Waals surface area contributed by atoms with Crippen molar-refractivity contribution < 1.29 is 4.79 Å². The first-order valence-electron chi connectivity index (χ1n) is 10.4. The summed E-state index contributed by atoms with van der Waals surface area (Å²) in [4.78, 5) is 15.2. The number of hydrogen-bond acceptors (Lipinski definition) is 2. The number of amidine groups is 1. The number of hydrogen-bond donors (Lipinski definition) is 2. The molecule has 0 saturated carbocycles. The standard InChI is InChI=1S/C24H28ClN3O/c1-15-4-11-21-20(14-15)23(26)27-24(21,18-7-9-19(25)10-8-18)13-12-22(29)28-16(2)5-6-17(28)3/h4,7-11,14,16-17H,5-6,12-13H2,1-3H3,(H2,26,27). The molecule has 3 atom stereocenters. The molecule has 1 fully saturated rings. The third kappa shape index (κ3) is 3.44. The molecule has 2 aromatic carbocycles. The maximum atomic E-state index is 13.1. The molecule has 2 aromatic rings. The van der Waals surface area contributed by atoms with E-state index in [9.17, 15) is 4.79 Å². The van der Waals surface area contributed by atoms with E-state index in [1.54, 1.807) is 0 Å². The molecule has 0 aliphatic carbocycles. The predicted octanol–water partition coefficient (Wildman–Crippen LogP) is 5.00. The smallest absolute Gasteiger partial charge is 0.223 e. The van der Waals surface area contributed by atoms with Gasteiger partial charge in [0.1, 0.15) is 5.84 Å². The van der Waals surface area contributed by atoms with Gasteiger partial charge in [-0.1, -0.05) is 41.4 Å². The molecule has 0 radical (unpaired) electrons. The fraction of sp³-hybridized carbons (Fsp3) is 0.417. The van der Waals surface area contributed by atoms with E-state index >= 15 is 0 Å². The third-order valence-corrected chi connectivity index (χ3v) is 6.79. The molecular formula is C24H28ClN3O. The van der Waals surface area contributed by atoms with Gasteiger partial charge in [-0.15, -0.1) is 0 Å². The number of nitrogens with zero attached hydrogens (tertiary/aromatic N) is 1. The van der Waals surface area contributed by atoms with Crippen LogP contribution in [-0.4, -0.2) is 28.7 Å². The van der Waals surface area contributed by atoms with Crippen molar-refractivity contribution in [2.75, 3.05) is 0 Å². The van der Waals surface area contributed by atoms with Crippen molar-refractivity contribution in [1.29, 1.82) is 5.41 Å². The molecule has 0 aromatic heterocycles. The maximum Gasteiger partial charge on any atom is 0.223 e. The Kier molecular flexibility index (Phi) is 5.16. The van der Waals surface area contributed by atoms with E-state index in [0.29, 0.717) is 35.8 Å². The summed E-state index contributed by atoms with van der Waals surface area (Å²) in [6.45, 7) is 6.31. The van der Waals surface area contributed by atoms with Crippen molar-refractivity contribution in [2.24, 2.45) is 0 Å². The molecule has 0 spiro atoms. The highest BCUT2D eigenvalue weighted by Crippen LogP contribution is 2.42. The van der Waals surface area contributed by atoms with Crippen LogP contribution in [0.3, 0.4) is 0 Å². The van der Waals surface area contributed by atoms with Gasteiger partial charge in [0.05, 0.1) is 5.54 Å². The molecular weight excluding hydrogens is 382 g/mol. The summed E-state index contributed by atoms with van der Waals surface area (Å²) in [6, 6.07) is 14.6. The first kappa shape index (κ1) is 20.0. The Morgan fingerprint density at radius 3 is 2.48 bits per heavy atom. The fourth-order valence-corrected chi connectivity index (χ4v) is 5.12. The topological polar surface area (TPSA) is 56.2 Å². The molecule has 0 bridgehead atoms. The van der Waals surface area contributed by atoms with Gasteiger partial charge in [0.15, 0.2) is 0 Å². The molecule has 2 N–H and O–H groups in total. The van der Waals surface area contributed by atoms with E-state index in [2.05, 4.69) is 37.4 Å². The molecule has 1 amide bonds. The number of rotatable bonds is 4. The Morgan fingerprint density at radius 1 is 1.17 bits per heavy atom. The molecule has 4 rings (SSSR count). The van der Waals surface area contributed by atoms with Crippen molar-refractivity contribution in [3.05, 3.63) is 69.7 Å². The Morgan fingerprint density at radius 2 is 1.83 bits per heavy atom. The molecule has 2 heterocycles. The lowest BCUT2D eigenvalue weighted by Gasteiger charge is -2.33. The van der Waals surface area contributed by atoms with Crippen molar-refractivity contribution in [3.63, 3.8) is 0 Å². The lowest BCUT2D eigenvalue weighted by Crippen LogP contribution is -2.43. The largest absolute Gasteiger partial charge is 0.356 e. The highest BCUT2D eigenvalue weighted by atomic mass is 35.5. The summed E-state index contributed by atoms with van der Waals surface area (Å²) in [6.07, 6.45) is 3.17. The lowest BCUT2D eigenvalue weighted by molar-refractivity contribution is -0.133. The van der Waals surface area contributed by atoms with Crippen LogP contribution in [-0.2, 0) is 10.3 Å². The summed E-state index contributed by atoms with van der Waals surface area (Å²) in [5.74, 6) is 0.610. The number of carbonyl (C=O) groups is 1. The summed E-state index contributed by atoms with van der Waals surface area (Å²) >= 11 is 6.14. The molecule has 152 valence electrons. The second kappa shape index (κ2) is 7.49. The summed E-state index contributed by atoms with van der Waals surface area (Å²) in [7, 11) is 0. The first-order valence-corrected chi connectivity index (χ1v) is 10.7. The average molecular weight is 410 g/mol. The van der Waals surface area contributed by atoms with Gasteiger partial charge < -0.3 is 10.2 Å². The molecule has 1 saturated heterocycles. The quantitative estimate of drug-likeness (QED) is 0.746. The molecule has 2 aliphatic heterocycles. The number of carbonyl (C=O) groups excluding carboxylic acids is 1. The number of amides is 1. The second-order valence-electron chi connectivity index (χ2n) is 8.54. The fourth-order valence-electron chi connectivity index (χ4n) is 5.00. The van der Waals surface area contributed by atoms with Gasteiger partial charge in [-0.25, -0.2) is 0 Å². The monoisotopic (exact) mass is 409 g/mol. The zero-order valence-corrected chi connectivity index (χ0v) is 18.0.